The molecule has 3 heterocycles. The molecule has 0 radical (unpaired) electrons. The molecule has 0 aliphatic carbocycles. The number of halogens is 2. The lowest BCUT2D eigenvalue weighted by Gasteiger charge is -2.36. The number of anilines is 3. The quantitative estimate of drug-likeness (QED) is 0.457. The van der Waals surface area contributed by atoms with Crippen molar-refractivity contribution < 1.29 is 13.2 Å². The minimum absolute atomic E-state index is 0.0235. The standard InChI is InChI=1S/C24H26Cl2N6O3S/c1-30(36(34,35)21-4-2-3-20(25)24(21)26)12-9-23(33)29-18-5-6-22(28-17-18)32-15-13-31(14-16-32)19-7-10-27-11-8-19/h2-8,10-11,17H,9,12-16H2,1H3,(H,29,33). The third-order valence-electron chi connectivity index (χ3n) is 5.92. The minimum atomic E-state index is -3.89. The van der Waals surface area contributed by atoms with E-state index >= 15 is 0 Å². The molecule has 1 amide bonds. The lowest BCUT2D eigenvalue weighted by Crippen LogP contribution is -2.46. The van der Waals surface area contributed by atoms with E-state index in [-0.39, 0.29) is 33.8 Å². The molecule has 1 N–H and O–H groups in total. The Morgan fingerprint density at radius 3 is 2.39 bits per heavy atom. The number of hydrogen-bond acceptors (Lipinski definition) is 7. The first-order valence-corrected chi connectivity index (χ1v) is 13.5. The summed E-state index contributed by atoms with van der Waals surface area (Å²) >= 11 is 12.0. The van der Waals surface area contributed by atoms with Gasteiger partial charge in [-0.15, -0.1) is 0 Å². The number of nitrogens with zero attached hydrogens (tertiary/aromatic N) is 5. The molecular formula is C24H26Cl2N6O3S. The van der Waals surface area contributed by atoms with E-state index in [9.17, 15) is 13.2 Å². The Bertz CT molecular complexity index is 1300. The van der Waals surface area contributed by atoms with E-state index in [2.05, 4.69) is 25.1 Å². The van der Waals surface area contributed by atoms with Gasteiger partial charge in [0, 0.05) is 64.3 Å². The number of aromatic nitrogens is 2. The Morgan fingerprint density at radius 1 is 1.03 bits per heavy atom. The molecule has 1 fully saturated rings. The summed E-state index contributed by atoms with van der Waals surface area (Å²) in [6, 6.07) is 12.1. The third-order valence-corrected chi connectivity index (χ3v) is 8.75. The van der Waals surface area contributed by atoms with Gasteiger partial charge >= 0.3 is 0 Å². The van der Waals surface area contributed by atoms with Gasteiger partial charge in [0.25, 0.3) is 0 Å². The van der Waals surface area contributed by atoms with Gasteiger partial charge in [0.1, 0.15) is 10.7 Å². The maximum atomic E-state index is 12.8. The molecule has 3 aromatic rings. The summed E-state index contributed by atoms with van der Waals surface area (Å²) in [4.78, 5) is 25.4. The summed E-state index contributed by atoms with van der Waals surface area (Å²) in [6.07, 6.45) is 5.16. The third kappa shape index (κ3) is 6.07. The first-order valence-electron chi connectivity index (χ1n) is 11.3. The maximum Gasteiger partial charge on any atom is 0.244 e. The van der Waals surface area contributed by atoms with E-state index < -0.39 is 10.0 Å². The fraction of sp³-hybridized carbons (Fsp3) is 0.292. The van der Waals surface area contributed by atoms with Crippen molar-refractivity contribution in [2.45, 2.75) is 11.3 Å². The number of amides is 1. The van der Waals surface area contributed by atoms with Crippen molar-refractivity contribution in [3.8, 4) is 0 Å². The van der Waals surface area contributed by atoms with Gasteiger partial charge < -0.3 is 15.1 Å². The maximum absolute atomic E-state index is 12.8. The molecular weight excluding hydrogens is 523 g/mol. The average molecular weight is 549 g/mol. The van der Waals surface area contributed by atoms with Crippen molar-refractivity contribution in [3.05, 3.63) is 71.1 Å². The van der Waals surface area contributed by atoms with Crippen LogP contribution in [0.2, 0.25) is 10.0 Å². The van der Waals surface area contributed by atoms with Crippen LogP contribution in [0.5, 0.6) is 0 Å². The molecule has 0 spiro atoms. The predicted octanol–water partition coefficient (Wildman–Crippen LogP) is 3.76. The number of carbonyl (C=O) groups excluding carboxylic acids is 1. The van der Waals surface area contributed by atoms with Crippen LogP contribution >= 0.6 is 23.2 Å². The van der Waals surface area contributed by atoms with Crippen molar-refractivity contribution >= 4 is 56.3 Å². The molecule has 36 heavy (non-hydrogen) atoms. The highest BCUT2D eigenvalue weighted by Gasteiger charge is 2.25. The van der Waals surface area contributed by atoms with Crippen LogP contribution in [0, 0.1) is 0 Å². The summed E-state index contributed by atoms with van der Waals surface area (Å²) in [5.41, 5.74) is 1.70. The SMILES string of the molecule is CN(CCC(=O)Nc1ccc(N2CCN(c3ccncc3)CC2)nc1)S(=O)(=O)c1cccc(Cl)c1Cl. The zero-order valence-electron chi connectivity index (χ0n) is 19.6. The molecule has 0 unspecified atom stereocenters. The fourth-order valence-electron chi connectivity index (χ4n) is 3.85. The van der Waals surface area contributed by atoms with Gasteiger partial charge in [-0.3, -0.25) is 9.78 Å². The lowest BCUT2D eigenvalue weighted by atomic mass is 10.2. The summed E-state index contributed by atoms with van der Waals surface area (Å²) in [5.74, 6) is 0.515. The molecule has 1 aliphatic heterocycles. The molecule has 12 heteroatoms. The van der Waals surface area contributed by atoms with E-state index in [1.54, 1.807) is 24.7 Å². The van der Waals surface area contributed by atoms with Gasteiger partial charge in [0.2, 0.25) is 15.9 Å². The van der Waals surface area contributed by atoms with Crippen LogP contribution in [0.1, 0.15) is 6.42 Å². The molecule has 9 nitrogen and oxygen atoms in total. The molecule has 0 saturated carbocycles. The van der Waals surface area contributed by atoms with Crippen molar-refractivity contribution in [2.24, 2.45) is 0 Å². The van der Waals surface area contributed by atoms with Crippen molar-refractivity contribution in [3.63, 3.8) is 0 Å². The Labute approximate surface area is 220 Å². The molecule has 2 aromatic heterocycles. The smallest absolute Gasteiger partial charge is 0.244 e. The molecule has 0 atom stereocenters. The van der Waals surface area contributed by atoms with Crippen LogP contribution in [0.25, 0.3) is 0 Å². The zero-order valence-corrected chi connectivity index (χ0v) is 22.0. The number of sulfonamides is 1. The second-order valence-corrected chi connectivity index (χ2v) is 11.1. The molecule has 190 valence electrons. The van der Waals surface area contributed by atoms with Gasteiger partial charge in [-0.2, -0.15) is 0 Å². The van der Waals surface area contributed by atoms with Gasteiger partial charge in [-0.25, -0.2) is 17.7 Å². The van der Waals surface area contributed by atoms with Crippen LogP contribution in [0.3, 0.4) is 0 Å². The summed E-state index contributed by atoms with van der Waals surface area (Å²) in [5, 5.41) is 2.87. The number of nitrogens with one attached hydrogen (secondary N) is 1. The van der Waals surface area contributed by atoms with E-state index in [0.717, 1.165) is 42.0 Å². The fourth-order valence-corrected chi connectivity index (χ4v) is 5.75. The first kappa shape index (κ1) is 26.2. The Morgan fingerprint density at radius 2 is 1.72 bits per heavy atom. The van der Waals surface area contributed by atoms with Gasteiger partial charge in [0.05, 0.1) is 21.9 Å². The lowest BCUT2D eigenvalue weighted by molar-refractivity contribution is -0.116. The highest BCUT2D eigenvalue weighted by molar-refractivity contribution is 7.89. The van der Waals surface area contributed by atoms with Crippen LogP contribution < -0.4 is 15.1 Å². The van der Waals surface area contributed by atoms with E-state index in [4.69, 9.17) is 23.2 Å². The predicted molar refractivity (Wildman–Crippen MR) is 142 cm³/mol. The van der Waals surface area contributed by atoms with Crippen molar-refractivity contribution in [1.82, 2.24) is 14.3 Å². The average Bonchev–Trinajstić information content (AvgIpc) is 2.90. The van der Waals surface area contributed by atoms with Crippen LogP contribution in [-0.4, -0.2) is 68.4 Å². The molecule has 1 aromatic carbocycles. The summed E-state index contributed by atoms with van der Waals surface area (Å²) < 4.78 is 26.7. The molecule has 1 aliphatic rings. The minimum Gasteiger partial charge on any atom is -0.368 e. The van der Waals surface area contributed by atoms with Crippen LogP contribution in [0.4, 0.5) is 17.2 Å². The number of benzene rings is 1. The van der Waals surface area contributed by atoms with Crippen LogP contribution in [0.15, 0.2) is 66.0 Å². The summed E-state index contributed by atoms with van der Waals surface area (Å²) in [7, 11) is -2.49. The second kappa shape index (κ2) is 11.4. The topological polar surface area (TPSA) is 98.7 Å². The monoisotopic (exact) mass is 548 g/mol. The van der Waals surface area contributed by atoms with Gasteiger partial charge in [0.15, 0.2) is 0 Å². The molecule has 0 bridgehead atoms. The van der Waals surface area contributed by atoms with E-state index in [1.165, 1.54) is 25.2 Å². The Balaban J connectivity index is 1.27. The van der Waals surface area contributed by atoms with Gasteiger partial charge in [-0.1, -0.05) is 29.3 Å². The Hall–Kier alpha value is -2.92. The zero-order chi connectivity index (χ0) is 25.7. The highest BCUT2D eigenvalue weighted by atomic mass is 35.5. The Kier molecular flexibility index (Phi) is 8.30. The van der Waals surface area contributed by atoms with E-state index in [1.807, 2.05) is 18.2 Å². The first-order chi connectivity index (χ1) is 17.3. The number of rotatable bonds is 8. The molecule has 1 saturated heterocycles. The number of pyridine rings is 2. The largest absolute Gasteiger partial charge is 0.368 e. The summed E-state index contributed by atoms with van der Waals surface area (Å²) in [6.45, 7) is 3.39. The normalized spacial score (nSPS) is 14.2. The number of carbonyl (C=O) groups is 1. The number of piperazine rings is 1. The van der Waals surface area contributed by atoms with Gasteiger partial charge in [-0.05, 0) is 36.4 Å². The number of hydrogen-bond donors (Lipinski definition) is 1. The van der Waals surface area contributed by atoms with Crippen molar-refractivity contribution in [1.29, 1.82) is 0 Å². The highest BCUT2D eigenvalue weighted by Crippen LogP contribution is 2.30. The van der Waals surface area contributed by atoms with Crippen molar-refractivity contribution in [2.75, 3.05) is 54.9 Å². The molecule has 4 rings (SSSR count). The second-order valence-electron chi connectivity index (χ2n) is 8.26. The van der Waals surface area contributed by atoms with Crippen LogP contribution in [-0.2, 0) is 14.8 Å². The van der Waals surface area contributed by atoms with E-state index in [0.29, 0.717) is 5.69 Å².